The van der Waals surface area contributed by atoms with Crippen molar-refractivity contribution in [3.05, 3.63) is 47.7 Å². The molecule has 236 valence electrons. The maximum absolute atomic E-state index is 14.1. The predicted octanol–water partition coefficient (Wildman–Crippen LogP) is 2.94. The number of nitrogens with zero attached hydrogens (tertiary/aromatic N) is 4. The molecule has 3 N–H and O–H groups in total. The van der Waals surface area contributed by atoms with E-state index in [0.717, 1.165) is 37.4 Å². The van der Waals surface area contributed by atoms with Gasteiger partial charge in [-0.3, -0.25) is 9.59 Å². The molecule has 0 bridgehead atoms. The van der Waals surface area contributed by atoms with Gasteiger partial charge < -0.3 is 34.9 Å². The molecule has 44 heavy (non-hydrogen) atoms. The van der Waals surface area contributed by atoms with Crippen molar-refractivity contribution in [3.63, 3.8) is 0 Å². The van der Waals surface area contributed by atoms with Crippen LogP contribution in [0.15, 0.2) is 30.7 Å². The Morgan fingerprint density at radius 1 is 1.14 bits per heavy atom. The number of hydrogen-bond donors (Lipinski definition) is 2. The van der Waals surface area contributed by atoms with E-state index in [1.165, 1.54) is 29.4 Å². The highest BCUT2D eigenvalue weighted by atomic mass is 32.2. The van der Waals surface area contributed by atoms with Gasteiger partial charge in [-0.2, -0.15) is 16.9 Å². The summed E-state index contributed by atoms with van der Waals surface area (Å²) >= 11 is 1.96. The second-order valence-corrected chi connectivity index (χ2v) is 12.5. The van der Waals surface area contributed by atoms with E-state index in [2.05, 4.69) is 20.3 Å². The van der Waals surface area contributed by atoms with E-state index >= 15 is 0 Å². The minimum absolute atomic E-state index is 0.162. The molecule has 3 aromatic rings. The average molecular weight is 629 g/mol. The van der Waals surface area contributed by atoms with E-state index in [-0.39, 0.29) is 24.1 Å². The largest absolute Gasteiger partial charge is 0.483 e. The summed E-state index contributed by atoms with van der Waals surface area (Å²) in [7, 11) is 1.61. The van der Waals surface area contributed by atoms with Crippen LogP contribution < -0.4 is 15.8 Å². The van der Waals surface area contributed by atoms with Crippen LogP contribution in [-0.4, -0.2) is 101 Å². The van der Waals surface area contributed by atoms with Gasteiger partial charge in [0.15, 0.2) is 11.9 Å². The third-order valence-electron chi connectivity index (χ3n) is 8.61. The van der Waals surface area contributed by atoms with Gasteiger partial charge in [0.2, 0.25) is 5.91 Å². The third kappa shape index (κ3) is 6.21. The minimum atomic E-state index is -0.563. The number of fused-ring (bicyclic) bond motifs is 2. The molecule has 2 aromatic heterocycles. The second kappa shape index (κ2) is 13.3. The first-order chi connectivity index (χ1) is 21.3. The highest BCUT2D eigenvalue weighted by molar-refractivity contribution is 7.99. The summed E-state index contributed by atoms with van der Waals surface area (Å²) in [5.74, 6) is 2.78. The van der Waals surface area contributed by atoms with Crippen molar-refractivity contribution in [3.8, 4) is 5.75 Å². The Morgan fingerprint density at radius 3 is 2.55 bits per heavy atom. The number of thioether (sulfide) groups is 1. The minimum Gasteiger partial charge on any atom is -0.483 e. The monoisotopic (exact) mass is 628 g/mol. The zero-order chi connectivity index (χ0) is 30.8. The number of rotatable bonds is 7. The molecule has 0 spiro atoms. The molecule has 1 saturated carbocycles. The molecule has 1 aromatic carbocycles. The van der Waals surface area contributed by atoms with E-state index in [1.54, 1.807) is 26.3 Å². The molecule has 2 amide bonds. The lowest BCUT2D eigenvalue weighted by Crippen LogP contribution is -2.43. The molecule has 5 heterocycles. The molecule has 2 unspecified atom stereocenters. The summed E-state index contributed by atoms with van der Waals surface area (Å²) in [6, 6.07) is 4.16. The van der Waals surface area contributed by atoms with Gasteiger partial charge in [0.1, 0.15) is 41.7 Å². The molecule has 3 aliphatic heterocycles. The number of hydrogen-bond acceptors (Lipinski definition) is 10. The normalized spacial score (nSPS) is 24.8. The van der Waals surface area contributed by atoms with Crippen LogP contribution in [-0.2, 0) is 19.0 Å². The summed E-state index contributed by atoms with van der Waals surface area (Å²) in [5, 5.41) is 7.31. The molecule has 1 aliphatic carbocycles. The van der Waals surface area contributed by atoms with Crippen molar-refractivity contribution in [2.75, 3.05) is 50.2 Å². The fraction of sp³-hybridized carbons (Fsp3) is 0.533. The van der Waals surface area contributed by atoms with E-state index in [9.17, 15) is 14.0 Å². The number of ether oxygens (including phenoxy) is 4. The average Bonchev–Trinajstić information content (AvgIpc) is 3.69. The SMILES string of the molecule is COC1CO[C@@H]2C(Oc3cc(F)ccc3Nc3ncnn4cc(C(N)=O)c(C)c34)CO[C@H]12.O=C(C1CCC1)N1CCSCC1. The number of aromatic nitrogens is 3. The van der Waals surface area contributed by atoms with Gasteiger partial charge in [-0.15, -0.1) is 0 Å². The number of anilines is 2. The standard InChI is InChI=1S/C21H22FN5O5.C9H15NOS/c1-10-12(20(23)28)6-27-17(10)21(24-9-25-27)26-13-4-3-11(22)5-14(13)32-16-8-31-18-15(29-2)7-30-19(16)18;11-9(8-2-1-3-8)10-4-6-12-7-5-10/h3-6,9,15-16,18-19H,7-8H2,1-2H3,(H2,23,28)(H,24,25,26);8H,1-7H2/t15?,16?,18-,19-;/m1./s1. The molecule has 4 atom stereocenters. The number of nitrogens with one attached hydrogen (secondary N) is 1. The first-order valence-corrected chi connectivity index (χ1v) is 16.0. The van der Waals surface area contributed by atoms with Crippen LogP contribution in [0.4, 0.5) is 15.9 Å². The van der Waals surface area contributed by atoms with E-state index in [4.69, 9.17) is 24.7 Å². The number of halogens is 1. The van der Waals surface area contributed by atoms with Gasteiger partial charge in [-0.05, 0) is 37.5 Å². The van der Waals surface area contributed by atoms with Crippen LogP contribution in [0.1, 0.15) is 35.2 Å². The van der Waals surface area contributed by atoms with Crippen molar-refractivity contribution < 1.29 is 32.9 Å². The fourth-order valence-corrected chi connectivity index (χ4v) is 6.82. The van der Waals surface area contributed by atoms with Gasteiger partial charge in [-0.25, -0.2) is 13.9 Å². The van der Waals surface area contributed by atoms with Crippen LogP contribution in [0.5, 0.6) is 5.75 Å². The number of carbonyl (C=O) groups excluding carboxylic acids is 2. The molecule has 14 heteroatoms. The van der Waals surface area contributed by atoms with Crippen LogP contribution in [0.2, 0.25) is 0 Å². The van der Waals surface area contributed by atoms with Crippen molar-refractivity contribution in [2.45, 2.75) is 50.6 Å². The van der Waals surface area contributed by atoms with Crippen LogP contribution >= 0.6 is 11.8 Å². The van der Waals surface area contributed by atoms with E-state index in [1.807, 2.05) is 11.8 Å². The number of nitrogens with two attached hydrogens (primary N) is 1. The number of aryl methyl sites for hydroxylation is 1. The molecule has 0 radical (unpaired) electrons. The zero-order valence-electron chi connectivity index (χ0n) is 24.7. The summed E-state index contributed by atoms with van der Waals surface area (Å²) in [6.45, 7) is 4.43. The fourth-order valence-electron chi connectivity index (χ4n) is 5.92. The lowest BCUT2D eigenvalue weighted by molar-refractivity contribution is -0.137. The molecule has 7 rings (SSSR count). The number of benzene rings is 1. The molecular formula is C30H37FN6O6S. The highest BCUT2D eigenvalue weighted by Gasteiger charge is 2.49. The van der Waals surface area contributed by atoms with Crippen molar-refractivity contribution in [1.29, 1.82) is 0 Å². The Hall–Kier alpha value is -3.46. The van der Waals surface area contributed by atoms with Crippen molar-refractivity contribution >= 4 is 40.6 Å². The Labute approximate surface area is 258 Å². The first kappa shape index (κ1) is 30.6. The molecule has 3 saturated heterocycles. The third-order valence-corrected chi connectivity index (χ3v) is 9.55. The van der Waals surface area contributed by atoms with Crippen LogP contribution in [0.25, 0.3) is 5.52 Å². The quantitative estimate of drug-likeness (QED) is 0.401. The first-order valence-electron chi connectivity index (χ1n) is 14.8. The number of carbonyl (C=O) groups is 2. The highest BCUT2D eigenvalue weighted by Crippen LogP contribution is 2.36. The number of methoxy groups -OCH3 is 1. The summed E-state index contributed by atoms with van der Waals surface area (Å²) < 4.78 is 38.7. The number of primary amides is 1. The molecular weight excluding hydrogens is 591 g/mol. The molecule has 12 nitrogen and oxygen atoms in total. The maximum Gasteiger partial charge on any atom is 0.250 e. The van der Waals surface area contributed by atoms with Crippen molar-refractivity contribution in [1.82, 2.24) is 19.5 Å². The van der Waals surface area contributed by atoms with Crippen LogP contribution in [0.3, 0.4) is 0 Å². The van der Waals surface area contributed by atoms with Gasteiger partial charge >= 0.3 is 0 Å². The summed E-state index contributed by atoms with van der Waals surface area (Å²) in [4.78, 5) is 29.8. The predicted molar refractivity (Wildman–Crippen MR) is 162 cm³/mol. The Bertz CT molecular complexity index is 1510. The Morgan fingerprint density at radius 2 is 1.86 bits per heavy atom. The number of amides is 2. The van der Waals surface area contributed by atoms with E-state index in [0.29, 0.717) is 53.2 Å². The summed E-state index contributed by atoms with van der Waals surface area (Å²) in [5.41, 5.74) is 7.48. The topological polar surface area (TPSA) is 143 Å². The second-order valence-electron chi connectivity index (χ2n) is 11.3. The maximum atomic E-state index is 14.1. The van der Waals surface area contributed by atoms with Gasteiger partial charge in [0.25, 0.3) is 5.91 Å². The molecule has 4 aliphatic rings. The smallest absolute Gasteiger partial charge is 0.250 e. The van der Waals surface area contributed by atoms with Gasteiger partial charge in [-0.1, -0.05) is 6.42 Å². The Kier molecular flexibility index (Phi) is 9.21. The Balaban J connectivity index is 0.000000238. The summed E-state index contributed by atoms with van der Waals surface area (Å²) in [6.07, 6.45) is 5.30. The van der Waals surface area contributed by atoms with Gasteiger partial charge in [0.05, 0.1) is 24.5 Å². The van der Waals surface area contributed by atoms with Crippen molar-refractivity contribution in [2.24, 2.45) is 11.7 Å². The van der Waals surface area contributed by atoms with E-state index < -0.39 is 17.8 Å². The lowest BCUT2D eigenvalue weighted by Gasteiger charge is -2.33. The van der Waals surface area contributed by atoms with Crippen LogP contribution in [0, 0.1) is 18.7 Å². The molecule has 4 fully saturated rings. The van der Waals surface area contributed by atoms with Gasteiger partial charge in [0, 0.05) is 49.9 Å². The lowest BCUT2D eigenvalue weighted by atomic mass is 9.84. The zero-order valence-corrected chi connectivity index (χ0v) is 25.6.